The van der Waals surface area contributed by atoms with Crippen LogP contribution in [0.1, 0.15) is 32.1 Å². The van der Waals surface area contributed by atoms with Gasteiger partial charge in [0, 0.05) is 42.5 Å². The van der Waals surface area contributed by atoms with Gasteiger partial charge in [0.15, 0.2) is 0 Å². The average molecular weight is 280 g/mol. The molecule has 12 heavy (non-hydrogen) atoms. The fourth-order valence-corrected chi connectivity index (χ4v) is 2.58. The first kappa shape index (κ1) is 12.8. The van der Waals surface area contributed by atoms with E-state index in [1.807, 2.05) is 0 Å². The van der Waals surface area contributed by atoms with Crippen molar-refractivity contribution >= 4 is 10.2 Å². The molecule has 0 aromatic rings. The minimum atomic E-state index is 0. The summed E-state index contributed by atoms with van der Waals surface area (Å²) in [5.74, 6) is 0. The van der Waals surface area contributed by atoms with Crippen molar-refractivity contribution < 1.29 is 25.2 Å². The largest absolute Gasteiger partial charge is 0.380 e. The van der Waals surface area contributed by atoms with E-state index in [1.165, 1.54) is 35.9 Å². The van der Waals surface area contributed by atoms with Crippen LogP contribution in [0, 0.1) is 0 Å². The molecule has 1 saturated heterocycles. The van der Waals surface area contributed by atoms with Crippen molar-refractivity contribution in [1.82, 2.24) is 0 Å². The van der Waals surface area contributed by atoms with Crippen molar-refractivity contribution in [2.75, 3.05) is 13.2 Å². The third kappa shape index (κ3) is 4.15. The van der Waals surface area contributed by atoms with Crippen molar-refractivity contribution in [3.05, 3.63) is 0 Å². The van der Waals surface area contributed by atoms with Gasteiger partial charge in [0.1, 0.15) is 0 Å². The van der Waals surface area contributed by atoms with Gasteiger partial charge in [-0.1, -0.05) is 0 Å². The van der Waals surface area contributed by atoms with E-state index in [4.69, 9.17) is 10.5 Å². The van der Waals surface area contributed by atoms with Crippen LogP contribution < -0.4 is 5.73 Å². The topological polar surface area (TPSA) is 35.2 Å². The first-order chi connectivity index (χ1) is 5.27. The molecule has 1 rings (SSSR count). The molecule has 0 amide bonds. The minimum absolute atomic E-state index is 0. The summed E-state index contributed by atoms with van der Waals surface area (Å²) in [5, 5.41) is 0.289. The predicted molar refractivity (Wildman–Crippen MR) is 50.8 cm³/mol. The van der Waals surface area contributed by atoms with Gasteiger partial charge in [-0.15, -0.1) is 0 Å². The minimum Gasteiger partial charge on any atom is -0.380 e. The molecule has 0 aromatic carbocycles. The van der Waals surface area contributed by atoms with Gasteiger partial charge in [-0.3, -0.25) is 0 Å². The zero-order chi connectivity index (χ0) is 8.16. The van der Waals surface area contributed by atoms with Crippen LogP contribution in [0.25, 0.3) is 0 Å². The van der Waals surface area contributed by atoms with Crippen molar-refractivity contribution in [2.45, 2.75) is 37.3 Å². The molecule has 4 heteroatoms. The molecule has 0 spiro atoms. The fourth-order valence-electron chi connectivity index (χ4n) is 1.66. The number of ether oxygens (including phenoxy) is 1. The Balaban J connectivity index is 0.00000121. The summed E-state index contributed by atoms with van der Waals surface area (Å²) in [6.45, 7) is 1.79. The first-order valence-electron chi connectivity index (χ1n) is 4.61. The average Bonchev–Trinajstić information content (AvgIpc) is 2.03. The molecule has 1 aliphatic heterocycles. The summed E-state index contributed by atoms with van der Waals surface area (Å²) in [6, 6.07) is 0. The summed E-state index contributed by atoms with van der Waals surface area (Å²) < 4.78 is 5.77. The summed E-state index contributed by atoms with van der Waals surface area (Å²) in [5.41, 5.74) is 5.46. The molecule has 0 bridgehead atoms. The number of hydrogen-bond acceptors (Lipinski definition) is 2. The Bertz CT molecular complexity index is 118. The summed E-state index contributed by atoms with van der Waals surface area (Å²) >= 11 is 0. The monoisotopic (exact) mass is 279 g/mol. The number of hydrogen-bond donors (Lipinski definition) is 1. The van der Waals surface area contributed by atoms with Crippen LogP contribution in [0.15, 0.2) is 0 Å². The summed E-state index contributed by atoms with van der Waals surface area (Å²) in [6.07, 6.45) is 6.21. The number of rotatable bonds is 3. The molecule has 1 aliphatic rings. The van der Waals surface area contributed by atoms with Crippen molar-refractivity contribution in [2.24, 2.45) is 5.73 Å². The molecular weight excluding hydrogens is 261 g/mol. The Kier molecular flexibility index (Phi) is 6.70. The van der Waals surface area contributed by atoms with E-state index in [9.17, 15) is 0 Å². The molecule has 1 unspecified atom stereocenters. The van der Waals surface area contributed by atoms with E-state index >= 15 is 0 Å². The van der Waals surface area contributed by atoms with E-state index < -0.39 is 0 Å². The van der Waals surface area contributed by atoms with Gasteiger partial charge in [0.25, 0.3) is 0 Å². The maximum absolute atomic E-state index is 5.77. The van der Waals surface area contributed by atoms with Gasteiger partial charge in [0.2, 0.25) is 0 Å². The third-order valence-electron chi connectivity index (χ3n) is 2.46. The maximum Gasteiger partial charge on any atom is 0.0486 e. The molecular formula is C8H19NOPdSi. The van der Waals surface area contributed by atoms with Crippen LogP contribution in [0.2, 0.25) is 0 Å². The first-order valence-corrected chi connectivity index (χ1v) is 5.61. The van der Waals surface area contributed by atoms with E-state index in [0.717, 1.165) is 19.6 Å². The molecule has 0 aromatic heterocycles. The van der Waals surface area contributed by atoms with Crippen molar-refractivity contribution in [1.29, 1.82) is 0 Å². The van der Waals surface area contributed by atoms with E-state index in [1.54, 1.807) is 0 Å². The van der Waals surface area contributed by atoms with E-state index in [2.05, 4.69) is 0 Å². The molecule has 1 heterocycles. The van der Waals surface area contributed by atoms with E-state index in [0.29, 0.717) is 0 Å². The predicted octanol–water partition coefficient (Wildman–Crippen LogP) is -0.0150. The SMILES string of the molecule is NCCCC1([SiH3])CCCCO1.[Pd]. The van der Waals surface area contributed by atoms with Crippen molar-refractivity contribution in [3.63, 3.8) is 0 Å². The van der Waals surface area contributed by atoms with E-state index in [-0.39, 0.29) is 25.6 Å². The van der Waals surface area contributed by atoms with Crippen LogP contribution >= 0.6 is 0 Å². The van der Waals surface area contributed by atoms with Crippen LogP contribution in [-0.2, 0) is 25.2 Å². The molecule has 0 radical (unpaired) electrons. The zero-order valence-corrected chi connectivity index (χ0v) is 11.3. The third-order valence-corrected chi connectivity index (χ3v) is 3.75. The quantitative estimate of drug-likeness (QED) is 0.738. The Hall–Kier alpha value is 0.799. The van der Waals surface area contributed by atoms with Gasteiger partial charge in [0.05, 0.1) is 0 Å². The Morgan fingerprint density at radius 1 is 1.42 bits per heavy atom. The Labute approximate surface area is 91.7 Å². The summed E-state index contributed by atoms with van der Waals surface area (Å²) in [7, 11) is 1.17. The summed E-state index contributed by atoms with van der Waals surface area (Å²) in [4.78, 5) is 0. The fraction of sp³-hybridized carbons (Fsp3) is 1.00. The van der Waals surface area contributed by atoms with Gasteiger partial charge in [-0.05, 0) is 38.6 Å². The molecule has 2 nitrogen and oxygen atoms in total. The van der Waals surface area contributed by atoms with Gasteiger partial charge < -0.3 is 10.5 Å². The Morgan fingerprint density at radius 2 is 2.17 bits per heavy atom. The molecule has 0 aliphatic carbocycles. The second kappa shape index (κ2) is 6.28. The molecule has 76 valence electrons. The van der Waals surface area contributed by atoms with Gasteiger partial charge >= 0.3 is 0 Å². The standard InChI is InChI=1S/C8H19NOSi.Pd/c9-6-3-5-8(11)4-1-2-7-10-8;/h1-7,9H2,11H3;. The molecule has 0 saturated carbocycles. The Morgan fingerprint density at radius 3 is 2.67 bits per heavy atom. The second-order valence-corrected chi connectivity index (χ2v) is 5.47. The van der Waals surface area contributed by atoms with Crippen LogP contribution in [0.3, 0.4) is 0 Å². The molecule has 1 atom stereocenters. The van der Waals surface area contributed by atoms with Gasteiger partial charge in [-0.25, -0.2) is 0 Å². The van der Waals surface area contributed by atoms with Crippen molar-refractivity contribution in [3.8, 4) is 0 Å². The smallest absolute Gasteiger partial charge is 0.0486 e. The van der Waals surface area contributed by atoms with Gasteiger partial charge in [-0.2, -0.15) is 0 Å². The van der Waals surface area contributed by atoms with Crippen LogP contribution in [0.5, 0.6) is 0 Å². The molecule has 2 N–H and O–H groups in total. The molecule has 1 fully saturated rings. The second-order valence-electron chi connectivity index (χ2n) is 3.65. The maximum atomic E-state index is 5.77. The van der Waals surface area contributed by atoms with Crippen LogP contribution in [-0.4, -0.2) is 28.6 Å². The zero-order valence-electron chi connectivity index (χ0n) is 7.75. The van der Waals surface area contributed by atoms with Crippen LogP contribution in [0.4, 0.5) is 0 Å². The number of nitrogens with two attached hydrogens (primary N) is 1. The normalized spacial score (nSPS) is 29.8.